The molecule has 0 fully saturated rings. The molecule has 0 bridgehead atoms. The number of carboxylic acids is 1. The number of amides is 1. The maximum atomic E-state index is 14.2. The third kappa shape index (κ3) is 4.69. The van der Waals surface area contributed by atoms with E-state index in [1.54, 1.807) is 30.3 Å². The highest BCUT2D eigenvalue weighted by molar-refractivity contribution is 7.22. The van der Waals surface area contributed by atoms with E-state index in [9.17, 15) is 41.4 Å². The molecule has 1 aliphatic carbocycles. The Balaban J connectivity index is 1.48. The minimum absolute atomic E-state index is 0.0385. The Morgan fingerprint density at radius 3 is 2.07 bits per heavy atom. The Morgan fingerprint density at radius 1 is 0.767 bits per heavy atom. The molecule has 0 radical (unpaired) electrons. The highest BCUT2D eigenvalue weighted by Gasteiger charge is 2.30. The summed E-state index contributed by atoms with van der Waals surface area (Å²) in [6, 6.07) is 17.2. The van der Waals surface area contributed by atoms with Crippen molar-refractivity contribution < 1.29 is 36.6 Å². The van der Waals surface area contributed by atoms with Gasteiger partial charge in [0, 0.05) is 22.1 Å². The molecule has 1 heterocycles. The number of carbonyl (C=O) groups excluding carboxylic acids is 1. The number of hydrogen-bond donors (Lipinski definition) is 3. The number of aromatic nitrogens is 1. The van der Waals surface area contributed by atoms with Crippen LogP contribution in [0.1, 0.15) is 20.7 Å². The first-order chi connectivity index (χ1) is 20.5. The third-order valence-electron chi connectivity index (χ3n) is 6.55. The van der Waals surface area contributed by atoms with Crippen LogP contribution in [0.25, 0.3) is 31.6 Å². The molecule has 0 aromatic heterocycles. The van der Waals surface area contributed by atoms with E-state index < -0.39 is 57.5 Å². The van der Waals surface area contributed by atoms with Gasteiger partial charge in [0.25, 0.3) is 5.91 Å². The fourth-order valence-corrected chi connectivity index (χ4v) is 5.68. The molecule has 0 atom stereocenters. The Morgan fingerprint density at radius 2 is 1.37 bits per heavy atom. The van der Waals surface area contributed by atoms with Crippen LogP contribution in [0.3, 0.4) is 0 Å². The van der Waals surface area contributed by atoms with Crippen molar-refractivity contribution in [1.29, 1.82) is 0 Å². The van der Waals surface area contributed by atoms with Gasteiger partial charge in [-0.2, -0.15) is 0 Å². The molecule has 6 rings (SSSR count). The highest BCUT2D eigenvalue weighted by Crippen LogP contribution is 2.40. The van der Waals surface area contributed by atoms with Crippen LogP contribution in [0.4, 0.5) is 39.0 Å². The Bertz CT molecular complexity index is 2160. The lowest BCUT2D eigenvalue weighted by Gasteiger charge is -2.17. The van der Waals surface area contributed by atoms with Crippen LogP contribution in [-0.4, -0.2) is 22.0 Å². The Kier molecular flexibility index (Phi) is 6.73. The average molecular weight is 608 g/mol. The number of anilines is 3. The summed E-state index contributed by atoms with van der Waals surface area (Å²) in [5.41, 5.74) is -1.82. The number of benzene rings is 5. The lowest BCUT2D eigenvalue weighted by Crippen LogP contribution is -2.19. The van der Waals surface area contributed by atoms with Gasteiger partial charge in [-0.15, -0.1) is 11.3 Å². The van der Waals surface area contributed by atoms with Gasteiger partial charge in [-0.1, -0.05) is 36.4 Å². The minimum Gasteiger partial charge on any atom is -0.478 e. The molecule has 4 aromatic rings. The molecule has 0 saturated carbocycles. The predicted octanol–water partition coefficient (Wildman–Crippen LogP) is 7.30. The Hall–Kier alpha value is -5.43. The number of rotatable bonds is 5. The first-order valence-electron chi connectivity index (χ1n) is 12.3. The first kappa shape index (κ1) is 27.7. The normalized spacial score (nSPS) is 11.3. The number of carbonyl (C=O) groups is 2. The number of carboxylic acid groups (broad SMARTS) is 1. The standard InChI is InChI=1S/C30H14F5N3O4S/c31-20-19(21(32)23(34)24(35)22(20)33)29(40)37-14-10-12(30(41)42)9-13(11-14)36-26-27(39)16-6-2-1-5-15(16)25-28(26)43-18-8-4-3-7-17(18)38-25/h1-11,36H,(H,37,40)(H,41,42). The average Bonchev–Trinajstić information content (AvgIpc) is 3.00. The third-order valence-corrected chi connectivity index (χ3v) is 7.72. The van der Waals surface area contributed by atoms with Crippen LogP contribution in [0.5, 0.6) is 0 Å². The molecule has 4 aromatic carbocycles. The van der Waals surface area contributed by atoms with Gasteiger partial charge in [0.2, 0.25) is 11.2 Å². The van der Waals surface area contributed by atoms with Crippen molar-refractivity contribution in [2.75, 3.05) is 10.6 Å². The van der Waals surface area contributed by atoms with Crippen molar-refractivity contribution in [2.24, 2.45) is 0 Å². The van der Waals surface area contributed by atoms with Crippen LogP contribution >= 0.6 is 11.3 Å². The van der Waals surface area contributed by atoms with Gasteiger partial charge >= 0.3 is 5.97 Å². The van der Waals surface area contributed by atoms with Crippen molar-refractivity contribution in [2.45, 2.75) is 0 Å². The van der Waals surface area contributed by atoms with E-state index in [4.69, 9.17) is 4.98 Å². The molecule has 214 valence electrons. The fourth-order valence-electron chi connectivity index (χ4n) is 4.59. The number of aromatic carboxylic acids is 1. The summed E-state index contributed by atoms with van der Waals surface area (Å²) in [5.74, 6) is -15.0. The van der Waals surface area contributed by atoms with Crippen LogP contribution in [0.2, 0.25) is 0 Å². The van der Waals surface area contributed by atoms with E-state index in [2.05, 4.69) is 5.32 Å². The van der Waals surface area contributed by atoms with E-state index in [0.29, 0.717) is 26.9 Å². The summed E-state index contributed by atoms with van der Waals surface area (Å²) in [5, 5.41) is 15.4. The predicted molar refractivity (Wildman–Crippen MR) is 151 cm³/mol. The summed E-state index contributed by atoms with van der Waals surface area (Å²) in [7, 11) is 0. The van der Waals surface area contributed by atoms with Crippen molar-refractivity contribution >= 4 is 61.3 Å². The van der Waals surface area contributed by atoms with Gasteiger partial charge in [-0.3, -0.25) is 9.59 Å². The number of halogens is 5. The number of para-hydroxylation sites is 1. The van der Waals surface area contributed by atoms with Gasteiger partial charge in [-0.05, 0) is 30.3 Å². The second-order valence-corrected chi connectivity index (χ2v) is 10.3. The molecule has 43 heavy (non-hydrogen) atoms. The van der Waals surface area contributed by atoms with Crippen LogP contribution in [-0.2, 0) is 0 Å². The van der Waals surface area contributed by atoms with E-state index in [1.807, 2.05) is 23.5 Å². The zero-order valence-corrected chi connectivity index (χ0v) is 22.1. The summed E-state index contributed by atoms with van der Waals surface area (Å²) in [6.07, 6.45) is 0. The number of nitrogens with one attached hydrogen (secondary N) is 2. The SMILES string of the molecule is O=C(O)c1cc(NC(=O)c2c(F)c(F)c(F)c(F)c2F)cc(Nc2c3sc4ccccc4nc-3c3ccccc3c2=O)c1. The summed E-state index contributed by atoms with van der Waals surface area (Å²) in [4.78, 5) is 43.4. The van der Waals surface area contributed by atoms with Gasteiger partial charge in [0.15, 0.2) is 23.3 Å². The number of nitrogens with zero attached hydrogens (tertiary/aromatic N) is 1. The zero-order chi connectivity index (χ0) is 30.6. The minimum atomic E-state index is -2.44. The lowest BCUT2D eigenvalue weighted by atomic mass is 10.0. The quantitative estimate of drug-likeness (QED) is 0.0624. The number of hydrogen-bond acceptors (Lipinski definition) is 6. The Labute approximate surface area is 241 Å². The first-order valence-corrected chi connectivity index (χ1v) is 13.1. The van der Waals surface area contributed by atoms with Gasteiger partial charge in [-0.25, -0.2) is 31.7 Å². The highest BCUT2D eigenvalue weighted by atomic mass is 32.1. The number of fused-ring (bicyclic) bond motifs is 4. The van der Waals surface area contributed by atoms with E-state index in [1.165, 1.54) is 11.3 Å². The molecule has 3 N–H and O–H groups in total. The van der Waals surface area contributed by atoms with E-state index in [0.717, 1.165) is 22.9 Å². The fraction of sp³-hybridized carbons (Fsp3) is 0. The second kappa shape index (κ2) is 10.4. The zero-order valence-electron chi connectivity index (χ0n) is 21.3. The maximum absolute atomic E-state index is 14.2. The summed E-state index contributed by atoms with van der Waals surface area (Å²) in [6.45, 7) is 0. The molecule has 13 heteroatoms. The molecule has 0 spiro atoms. The van der Waals surface area contributed by atoms with Crippen molar-refractivity contribution in [3.63, 3.8) is 0 Å². The largest absolute Gasteiger partial charge is 0.478 e. The molecular formula is C30H14F5N3O4S. The maximum Gasteiger partial charge on any atom is 0.335 e. The topological polar surface area (TPSA) is 108 Å². The van der Waals surface area contributed by atoms with Crippen molar-refractivity contribution in [3.05, 3.63) is 117 Å². The molecule has 0 saturated heterocycles. The van der Waals surface area contributed by atoms with Crippen LogP contribution < -0.4 is 16.1 Å². The van der Waals surface area contributed by atoms with Gasteiger partial charge in [0.05, 0.1) is 26.4 Å². The van der Waals surface area contributed by atoms with Crippen molar-refractivity contribution in [1.82, 2.24) is 4.98 Å². The summed E-state index contributed by atoms with van der Waals surface area (Å²) >= 11 is 1.26. The second-order valence-electron chi connectivity index (χ2n) is 9.24. The monoisotopic (exact) mass is 607 g/mol. The molecule has 1 aliphatic heterocycles. The van der Waals surface area contributed by atoms with Crippen LogP contribution in [0, 0.1) is 29.1 Å². The van der Waals surface area contributed by atoms with E-state index in [-0.39, 0.29) is 17.1 Å². The van der Waals surface area contributed by atoms with Crippen molar-refractivity contribution in [3.8, 4) is 10.6 Å². The smallest absolute Gasteiger partial charge is 0.335 e. The lowest BCUT2D eigenvalue weighted by molar-refractivity contribution is 0.0696. The van der Waals surface area contributed by atoms with E-state index >= 15 is 0 Å². The van der Waals surface area contributed by atoms with Crippen LogP contribution in [0.15, 0.2) is 71.5 Å². The molecular weight excluding hydrogens is 593 g/mol. The molecule has 7 nitrogen and oxygen atoms in total. The van der Waals surface area contributed by atoms with Gasteiger partial charge in [0.1, 0.15) is 11.3 Å². The molecule has 1 amide bonds. The molecule has 2 aliphatic rings. The van der Waals surface area contributed by atoms with Gasteiger partial charge < -0.3 is 15.7 Å². The molecule has 0 unspecified atom stereocenters. The summed E-state index contributed by atoms with van der Waals surface area (Å²) < 4.78 is 70.1.